The Bertz CT molecular complexity index is 1180. The number of aryl methyl sites for hydroxylation is 2. The molecular weight excluding hydrogens is 391 g/mol. The highest BCUT2D eigenvalue weighted by Crippen LogP contribution is 2.31. The molecular formula is C19H14F3N3O4. The summed E-state index contributed by atoms with van der Waals surface area (Å²) < 4.78 is 43.9. The Morgan fingerprint density at radius 2 is 1.86 bits per heavy atom. The lowest BCUT2D eigenvalue weighted by Crippen LogP contribution is -2.19. The highest BCUT2D eigenvalue weighted by Gasteiger charge is 2.33. The van der Waals surface area contributed by atoms with Crippen molar-refractivity contribution in [2.45, 2.75) is 20.0 Å². The van der Waals surface area contributed by atoms with Crippen LogP contribution in [-0.2, 0) is 6.18 Å². The normalized spacial score (nSPS) is 11.9. The van der Waals surface area contributed by atoms with Crippen LogP contribution in [-0.4, -0.2) is 14.9 Å². The molecule has 150 valence electrons. The molecule has 0 aliphatic carbocycles. The third kappa shape index (κ3) is 4.42. The van der Waals surface area contributed by atoms with Crippen LogP contribution in [0.25, 0.3) is 23.5 Å². The second kappa shape index (κ2) is 7.38. The van der Waals surface area contributed by atoms with Gasteiger partial charge in [-0.3, -0.25) is 10.1 Å². The van der Waals surface area contributed by atoms with E-state index < -0.39 is 22.5 Å². The fourth-order valence-corrected chi connectivity index (χ4v) is 2.73. The van der Waals surface area contributed by atoms with E-state index in [1.54, 1.807) is 32.0 Å². The number of hydrogen-bond donors (Lipinski definition) is 1. The van der Waals surface area contributed by atoms with Crippen LogP contribution in [0.15, 0.2) is 39.5 Å². The van der Waals surface area contributed by atoms with Crippen molar-refractivity contribution < 1.29 is 22.5 Å². The first-order chi connectivity index (χ1) is 13.5. The molecule has 29 heavy (non-hydrogen) atoms. The van der Waals surface area contributed by atoms with Gasteiger partial charge < -0.3 is 9.40 Å². The lowest BCUT2D eigenvalue weighted by molar-refractivity contribution is -0.385. The van der Waals surface area contributed by atoms with Crippen LogP contribution in [0.4, 0.5) is 18.9 Å². The van der Waals surface area contributed by atoms with Crippen molar-refractivity contribution in [2.24, 2.45) is 0 Å². The van der Waals surface area contributed by atoms with Crippen LogP contribution in [0, 0.1) is 24.0 Å². The first kappa shape index (κ1) is 20.1. The number of nitrogens with one attached hydrogen (secondary N) is 1. The third-order valence-corrected chi connectivity index (χ3v) is 4.11. The molecule has 0 unspecified atom stereocenters. The van der Waals surface area contributed by atoms with Crippen molar-refractivity contribution in [1.82, 2.24) is 9.97 Å². The molecule has 3 aromatic rings. The van der Waals surface area contributed by atoms with E-state index in [0.29, 0.717) is 34.3 Å². The van der Waals surface area contributed by atoms with Gasteiger partial charge in [0.15, 0.2) is 5.69 Å². The zero-order valence-corrected chi connectivity index (χ0v) is 15.2. The lowest BCUT2D eigenvalue weighted by Gasteiger charge is -2.05. The summed E-state index contributed by atoms with van der Waals surface area (Å²) in [6.07, 6.45) is -2.09. The van der Waals surface area contributed by atoms with Gasteiger partial charge in [0, 0.05) is 22.9 Å². The second-order valence-electron chi connectivity index (χ2n) is 6.27. The summed E-state index contributed by atoms with van der Waals surface area (Å²) in [7, 11) is 0. The largest absolute Gasteiger partial charge is 0.457 e. The van der Waals surface area contributed by atoms with E-state index in [2.05, 4.69) is 9.97 Å². The van der Waals surface area contributed by atoms with Crippen LogP contribution in [0.5, 0.6) is 0 Å². The van der Waals surface area contributed by atoms with E-state index in [1.165, 1.54) is 18.2 Å². The number of alkyl halides is 3. The molecule has 0 aliphatic heterocycles. The van der Waals surface area contributed by atoms with E-state index >= 15 is 0 Å². The molecule has 3 rings (SSSR count). The Hall–Kier alpha value is -3.69. The van der Waals surface area contributed by atoms with Gasteiger partial charge >= 0.3 is 11.9 Å². The number of hydrogen-bond acceptors (Lipinski definition) is 5. The molecule has 7 nitrogen and oxygen atoms in total. The number of rotatable bonds is 4. The number of benzene rings is 1. The molecule has 0 aliphatic rings. The van der Waals surface area contributed by atoms with Crippen molar-refractivity contribution >= 4 is 17.8 Å². The average molecular weight is 405 g/mol. The van der Waals surface area contributed by atoms with Gasteiger partial charge in [0.05, 0.1) is 4.92 Å². The summed E-state index contributed by atoms with van der Waals surface area (Å²) in [6, 6.07) is 7.03. The molecule has 2 heterocycles. The molecule has 0 saturated heterocycles. The minimum Gasteiger partial charge on any atom is -0.457 e. The van der Waals surface area contributed by atoms with Crippen molar-refractivity contribution in [3.63, 3.8) is 0 Å². The minimum atomic E-state index is -4.74. The second-order valence-corrected chi connectivity index (χ2v) is 6.27. The van der Waals surface area contributed by atoms with Gasteiger partial charge in [-0.2, -0.15) is 18.2 Å². The smallest absolute Gasteiger partial charge is 0.433 e. The van der Waals surface area contributed by atoms with Crippen LogP contribution >= 0.6 is 0 Å². The van der Waals surface area contributed by atoms with Gasteiger partial charge in [-0.15, -0.1) is 0 Å². The number of furan rings is 1. The number of nitrogens with zero attached hydrogens (tertiary/aromatic N) is 2. The van der Waals surface area contributed by atoms with Crippen molar-refractivity contribution in [3.8, 4) is 11.3 Å². The van der Waals surface area contributed by atoms with Crippen LogP contribution in [0.2, 0.25) is 0 Å². The number of halogens is 3. The lowest BCUT2D eigenvalue weighted by atomic mass is 10.0. The first-order valence-electron chi connectivity index (χ1n) is 8.27. The fraction of sp³-hybridized carbons (Fsp3) is 0.158. The number of aromatic amines is 1. The molecule has 0 atom stereocenters. The highest BCUT2D eigenvalue weighted by atomic mass is 19.4. The molecule has 0 spiro atoms. The number of aromatic nitrogens is 2. The van der Waals surface area contributed by atoms with Crippen molar-refractivity contribution in [1.29, 1.82) is 0 Å². The Kier molecular flexibility index (Phi) is 5.10. The van der Waals surface area contributed by atoms with E-state index in [0.717, 1.165) is 0 Å². The molecule has 0 radical (unpaired) electrons. The van der Waals surface area contributed by atoms with Crippen LogP contribution in [0.3, 0.4) is 0 Å². The zero-order chi connectivity index (χ0) is 21.3. The van der Waals surface area contributed by atoms with E-state index in [9.17, 15) is 28.1 Å². The highest BCUT2D eigenvalue weighted by molar-refractivity contribution is 5.70. The number of nitro benzene ring substituents is 1. The van der Waals surface area contributed by atoms with Gasteiger partial charge in [0.1, 0.15) is 11.5 Å². The quantitative estimate of drug-likeness (QED) is 0.499. The average Bonchev–Trinajstić information content (AvgIpc) is 3.09. The topological polar surface area (TPSA) is 102 Å². The van der Waals surface area contributed by atoms with E-state index in [1.807, 2.05) is 0 Å². The summed E-state index contributed by atoms with van der Waals surface area (Å²) >= 11 is 0. The summed E-state index contributed by atoms with van der Waals surface area (Å²) in [6.45, 7) is 3.32. The van der Waals surface area contributed by atoms with Gasteiger partial charge in [-0.25, -0.2) is 4.79 Å². The first-order valence-corrected chi connectivity index (χ1v) is 8.27. The maximum atomic E-state index is 12.8. The summed E-state index contributed by atoms with van der Waals surface area (Å²) in [4.78, 5) is 27.0. The number of nitro groups is 1. The van der Waals surface area contributed by atoms with Crippen molar-refractivity contribution in [3.05, 3.63) is 79.2 Å². The van der Waals surface area contributed by atoms with Gasteiger partial charge in [-0.1, -0.05) is 0 Å². The van der Waals surface area contributed by atoms with E-state index in [4.69, 9.17) is 4.42 Å². The van der Waals surface area contributed by atoms with Crippen molar-refractivity contribution in [2.75, 3.05) is 0 Å². The van der Waals surface area contributed by atoms with Crippen LogP contribution < -0.4 is 5.69 Å². The predicted octanol–water partition coefficient (Wildman–Crippen LogP) is 4.74. The molecule has 10 heteroatoms. The molecule has 0 fully saturated rings. The molecule has 1 N–H and O–H groups in total. The summed E-state index contributed by atoms with van der Waals surface area (Å²) in [5.74, 6) is 0.765. The minimum absolute atomic E-state index is 0.0000330. The predicted molar refractivity (Wildman–Crippen MR) is 99.1 cm³/mol. The Balaban J connectivity index is 1.90. The summed E-state index contributed by atoms with van der Waals surface area (Å²) in [5, 5.41) is 11.0. The summed E-state index contributed by atoms with van der Waals surface area (Å²) in [5.41, 5.74) is -0.727. The molecule has 2 aromatic heterocycles. The monoisotopic (exact) mass is 405 g/mol. The SMILES string of the molecule is Cc1cc([N+](=O)[O-])c(C)cc1-c1ccc(/C=C/c2cc(C(F)(F)F)nc(=O)[nH]2)o1. The van der Waals surface area contributed by atoms with Gasteiger partial charge in [-0.05, 0) is 55.8 Å². The maximum Gasteiger partial charge on any atom is 0.433 e. The fourth-order valence-electron chi connectivity index (χ4n) is 2.73. The Labute approximate surface area is 161 Å². The maximum absolute atomic E-state index is 12.8. The van der Waals surface area contributed by atoms with Crippen LogP contribution in [0.1, 0.15) is 28.3 Å². The Morgan fingerprint density at radius 3 is 2.52 bits per heavy atom. The standard InChI is InChI=1S/C19H14F3N3O4/c1-10-8-15(25(27)28)11(2)7-14(10)16-6-5-13(29-16)4-3-12-9-17(19(20,21)22)24-18(26)23-12/h3-9H,1-2H3,(H,23,24,26)/b4-3+. The third-order valence-electron chi connectivity index (χ3n) is 4.11. The molecule has 0 bridgehead atoms. The van der Waals surface area contributed by atoms with Gasteiger partial charge in [0.25, 0.3) is 5.69 Å². The van der Waals surface area contributed by atoms with Gasteiger partial charge in [0.2, 0.25) is 0 Å². The Morgan fingerprint density at radius 1 is 1.14 bits per heavy atom. The van der Waals surface area contributed by atoms with E-state index in [-0.39, 0.29) is 11.4 Å². The molecule has 0 amide bonds. The molecule has 0 saturated carbocycles. The number of H-pyrrole nitrogens is 1. The zero-order valence-electron chi connectivity index (χ0n) is 15.2. The molecule has 1 aromatic carbocycles.